The van der Waals surface area contributed by atoms with E-state index in [4.69, 9.17) is 15.3 Å². The highest BCUT2D eigenvalue weighted by Gasteiger charge is 1.88. The highest BCUT2D eigenvalue weighted by Crippen LogP contribution is 1.73. The van der Waals surface area contributed by atoms with Crippen LogP contribution < -0.4 is 0 Å². The summed E-state index contributed by atoms with van der Waals surface area (Å²) in [6.07, 6.45) is 0. The maximum absolute atomic E-state index is 8.25. The van der Waals surface area contributed by atoms with Crippen LogP contribution in [0.5, 0.6) is 0 Å². The molecule has 5 heteroatoms. The Labute approximate surface area is 54.2 Å². The summed E-state index contributed by atoms with van der Waals surface area (Å²) >= 11 is 0. The van der Waals surface area contributed by atoms with Crippen molar-refractivity contribution in [3.8, 4) is 0 Å². The number of hydrogen-bond acceptors (Lipinski definition) is 3. The Morgan fingerprint density at radius 1 is 1.11 bits per heavy atom. The van der Waals surface area contributed by atoms with Gasteiger partial charge in [0.2, 0.25) is 0 Å². The second-order valence-electron chi connectivity index (χ2n) is 2.91. The first-order valence-corrected chi connectivity index (χ1v) is 2.34. The summed E-state index contributed by atoms with van der Waals surface area (Å²) in [4.78, 5) is 8.25. The second-order valence-corrected chi connectivity index (χ2v) is 2.91. The number of nitrogens with zero attached hydrogens (tertiary/aromatic N) is 2. The van der Waals surface area contributed by atoms with E-state index in [9.17, 15) is 0 Å². The zero-order valence-corrected chi connectivity index (χ0v) is 6.12. The minimum atomic E-state index is -1.75. The van der Waals surface area contributed by atoms with Gasteiger partial charge in [-0.15, -0.1) is 0 Å². The predicted octanol–water partition coefficient (Wildman–Crippen LogP) is 0.0833. The van der Waals surface area contributed by atoms with Crippen LogP contribution in [0.15, 0.2) is 0 Å². The molecule has 56 valence electrons. The van der Waals surface area contributed by atoms with Crippen molar-refractivity contribution < 1.29 is 9.57 Å². The van der Waals surface area contributed by atoms with Gasteiger partial charge >= 0.3 is 0 Å². The number of quaternary nitrogens is 1. The summed E-state index contributed by atoms with van der Waals surface area (Å²) in [5.41, 5.74) is 0. The van der Waals surface area contributed by atoms with Crippen LogP contribution in [0.1, 0.15) is 0 Å². The topological polar surface area (TPSA) is 66.2 Å². The average Bonchev–Trinajstić information content (AvgIpc) is 1.19. The zero-order valence-electron chi connectivity index (χ0n) is 6.12. The molecule has 0 fully saturated rings. The first-order chi connectivity index (χ1) is 3.73. The van der Waals surface area contributed by atoms with E-state index >= 15 is 0 Å². The first kappa shape index (κ1) is 11.0. The number of hydrogen-bond donors (Lipinski definition) is 0. The van der Waals surface area contributed by atoms with Crippen LogP contribution in [0.25, 0.3) is 0 Å². The largest absolute Gasteiger partial charge is 0.356 e. The Kier molecular flexibility index (Phi) is 5.00. The quantitative estimate of drug-likeness (QED) is 0.269. The van der Waals surface area contributed by atoms with Crippen molar-refractivity contribution in [2.45, 2.75) is 0 Å². The molecule has 0 aromatic heterocycles. The molecule has 0 heterocycles. The van der Waals surface area contributed by atoms with Gasteiger partial charge in [-0.2, -0.15) is 0 Å². The lowest BCUT2D eigenvalue weighted by atomic mass is 10.8. The summed E-state index contributed by atoms with van der Waals surface area (Å²) < 4.78 is 1.00. The van der Waals surface area contributed by atoms with Crippen molar-refractivity contribution in [3.63, 3.8) is 0 Å². The highest BCUT2D eigenvalue weighted by atomic mass is 16.9. The fourth-order valence-corrected chi connectivity index (χ4v) is 0. The fourth-order valence-electron chi connectivity index (χ4n) is 0. The van der Waals surface area contributed by atoms with Crippen LogP contribution in [0.2, 0.25) is 0 Å². The van der Waals surface area contributed by atoms with Crippen molar-refractivity contribution in [1.82, 2.24) is 0 Å². The molecule has 0 saturated carbocycles. The van der Waals surface area contributed by atoms with Gasteiger partial charge in [0.15, 0.2) is 0 Å². The van der Waals surface area contributed by atoms with Crippen LogP contribution in [-0.2, 0) is 0 Å². The molecule has 0 amide bonds. The van der Waals surface area contributed by atoms with Crippen LogP contribution >= 0.6 is 0 Å². The second kappa shape index (κ2) is 4.08. The predicted molar refractivity (Wildman–Crippen MR) is 34.3 cm³/mol. The third-order valence-electron chi connectivity index (χ3n) is 0. The van der Waals surface area contributed by atoms with E-state index in [0.29, 0.717) is 0 Å². The molecule has 0 radical (unpaired) electrons. The molecule has 0 atom stereocenters. The molecule has 0 aliphatic carbocycles. The third-order valence-corrected chi connectivity index (χ3v) is 0. The molecule has 0 saturated heterocycles. The van der Waals surface area contributed by atoms with E-state index in [-0.39, 0.29) is 0 Å². The standard InChI is InChI=1S/C4H12N.NO3/c1-5(2,3)4;2-1(3)4/h1-4H3;/q+1;-1. The van der Waals surface area contributed by atoms with Gasteiger partial charge in [0, 0.05) is 0 Å². The van der Waals surface area contributed by atoms with Gasteiger partial charge in [0.05, 0.1) is 33.3 Å². The van der Waals surface area contributed by atoms with E-state index in [1.807, 2.05) is 0 Å². The van der Waals surface area contributed by atoms with Crippen molar-refractivity contribution in [2.24, 2.45) is 0 Å². The lowest BCUT2D eigenvalue weighted by Crippen LogP contribution is -2.27. The summed E-state index contributed by atoms with van der Waals surface area (Å²) in [6, 6.07) is 0. The summed E-state index contributed by atoms with van der Waals surface area (Å²) in [6.45, 7) is 0. The molecule has 0 spiro atoms. The SMILES string of the molecule is C[N+](C)(C)C.O=[N+]([O-])[O-]. The van der Waals surface area contributed by atoms with Gasteiger partial charge in [-0.25, -0.2) is 0 Å². The Balaban J connectivity index is 0. The van der Waals surface area contributed by atoms with Crippen LogP contribution in [0.4, 0.5) is 0 Å². The van der Waals surface area contributed by atoms with E-state index in [1.54, 1.807) is 0 Å². The molecule has 0 aromatic carbocycles. The lowest BCUT2D eigenvalue weighted by molar-refractivity contribution is -0.849. The Morgan fingerprint density at radius 2 is 1.11 bits per heavy atom. The first-order valence-electron chi connectivity index (χ1n) is 2.34. The molecule has 0 rings (SSSR count). The molecular formula is C4H12N2O3. The lowest BCUT2D eigenvalue weighted by Gasteiger charge is -2.14. The molecule has 0 bridgehead atoms. The smallest absolute Gasteiger partial charge is 0.0689 e. The van der Waals surface area contributed by atoms with Gasteiger partial charge in [-0.1, -0.05) is 0 Å². The molecule has 0 N–H and O–H groups in total. The fraction of sp³-hybridized carbons (Fsp3) is 1.00. The molecular weight excluding hydrogens is 124 g/mol. The Morgan fingerprint density at radius 3 is 1.11 bits per heavy atom. The van der Waals surface area contributed by atoms with Gasteiger partial charge in [-0.3, -0.25) is 0 Å². The molecule has 0 aliphatic rings. The summed E-state index contributed by atoms with van der Waals surface area (Å²) in [5, 5.41) is 14.8. The van der Waals surface area contributed by atoms with Gasteiger partial charge in [0.1, 0.15) is 0 Å². The van der Waals surface area contributed by atoms with E-state index < -0.39 is 5.09 Å². The van der Waals surface area contributed by atoms with E-state index in [2.05, 4.69) is 28.2 Å². The molecule has 0 aromatic rings. The summed E-state index contributed by atoms with van der Waals surface area (Å²) in [5.74, 6) is 0. The number of rotatable bonds is 0. The maximum atomic E-state index is 8.25. The van der Waals surface area contributed by atoms with Crippen molar-refractivity contribution in [2.75, 3.05) is 28.2 Å². The molecule has 0 unspecified atom stereocenters. The Bertz CT molecular complexity index is 76.3. The zero-order chi connectivity index (χ0) is 8.08. The Hall–Kier alpha value is -0.840. The minimum Gasteiger partial charge on any atom is -0.356 e. The molecule has 9 heavy (non-hydrogen) atoms. The minimum absolute atomic E-state index is 1.00. The summed E-state index contributed by atoms with van der Waals surface area (Å²) in [7, 11) is 8.50. The van der Waals surface area contributed by atoms with Crippen LogP contribution in [0, 0.1) is 15.3 Å². The maximum Gasteiger partial charge on any atom is 0.0689 e. The highest BCUT2D eigenvalue weighted by molar-refractivity contribution is 4.03. The monoisotopic (exact) mass is 136 g/mol. The van der Waals surface area contributed by atoms with E-state index in [0.717, 1.165) is 4.48 Å². The van der Waals surface area contributed by atoms with Crippen molar-refractivity contribution in [1.29, 1.82) is 0 Å². The third kappa shape index (κ3) is 270. The average molecular weight is 136 g/mol. The van der Waals surface area contributed by atoms with Crippen molar-refractivity contribution in [3.05, 3.63) is 15.3 Å². The van der Waals surface area contributed by atoms with Crippen LogP contribution in [0.3, 0.4) is 0 Å². The van der Waals surface area contributed by atoms with Gasteiger partial charge in [0.25, 0.3) is 0 Å². The molecule has 0 aliphatic heterocycles. The van der Waals surface area contributed by atoms with Gasteiger partial charge < -0.3 is 19.8 Å². The van der Waals surface area contributed by atoms with Gasteiger partial charge in [-0.05, 0) is 0 Å². The van der Waals surface area contributed by atoms with Crippen LogP contribution in [-0.4, -0.2) is 37.8 Å². The van der Waals surface area contributed by atoms with E-state index in [1.165, 1.54) is 0 Å². The molecule has 5 nitrogen and oxygen atoms in total. The van der Waals surface area contributed by atoms with Crippen molar-refractivity contribution >= 4 is 0 Å². The normalized spacial score (nSPS) is 9.33.